The van der Waals surface area contributed by atoms with Gasteiger partial charge in [0.25, 0.3) is 5.56 Å². The first-order chi connectivity index (χ1) is 10.9. The predicted molar refractivity (Wildman–Crippen MR) is 85.1 cm³/mol. The van der Waals surface area contributed by atoms with Gasteiger partial charge in [0.05, 0.1) is 17.5 Å². The normalized spacial score (nSPS) is 12.3. The number of H-pyrrole nitrogens is 1. The molecule has 0 bridgehead atoms. The summed E-state index contributed by atoms with van der Waals surface area (Å²) in [5, 5.41) is 19.0. The summed E-state index contributed by atoms with van der Waals surface area (Å²) in [4.78, 5) is 35.0. The van der Waals surface area contributed by atoms with E-state index in [9.17, 15) is 14.4 Å². The number of carboxylic acids is 1. The zero-order valence-electron chi connectivity index (χ0n) is 13.0. The summed E-state index contributed by atoms with van der Waals surface area (Å²) in [7, 11) is 0. The number of aromatic nitrogens is 2. The van der Waals surface area contributed by atoms with E-state index in [4.69, 9.17) is 5.11 Å². The minimum Gasteiger partial charge on any atom is -0.480 e. The molecule has 1 heterocycles. The average Bonchev–Trinajstić information content (AvgIpc) is 2.49. The minimum atomic E-state index is -1.06. The molecule has 1 aromatic carbocycles. The van der Waals surface area contributed by atoms with Crippen LogP contribution in [0.4, 0.5) is 0 Å². The van der Waals surface area contributed by atoms with Crippen molar-refractivity contribution in [1.29, 1.82) is 0 Å². The molecular weight excluding hydrogens is 298 g/mol. The first-order valence-corrected chi connectivity index (χ1v) is 7.37. The van der Waals surface area contributed by atoms with Crippen molar-refractivity contribution in [3.05, 3.63) is 40.3 Å². The monoisotopic (exact) mass is 317 g/mol. The fourth-order valence-corrected chi connectivity index (χ4v) is 2.40. The van der Waals surface area contributed by atoms with E-state index < -0.39 is 17.9 Å². The van der Waals surface area contributed by atoms with Gasteiger partial charge in [-0.3, -0.25) is 9.59 Å². The summed E-state index contributed by atoms with van der Waals surface area (Å²) < 4.78 is 0. The topological polar surface area (TPSA) is 112 Å². The van der Waals surface area contributed by atoms with Gasteiger partial charge in [-0.1, -0.05) is 32.0 Å². The average molecular weight is 317 g/mol. The largest absolute Gasteiger partial charge is 0.480 e. The zero-order valence-corrected chi connectivity index (χ0v) is 13.0. The standard InChI is InChI=1S/C16H19N3O4/c1-9(2)7-13(16(22)23)17-14(20)8-12-10-5-3-4-6-11(10)15(21)19-18-12/h3-6,9,13H,7-8H2,1-2H3,(H,17,20)(H,19,21)(H,22,23). The third-order valence-electron chi connectivity index (χ3n) is 3.44. The molecule has 0 aliphatic rings. The van der Waals surface area contributed by atoms with E-state index in [0.29, 0.717) is 22.9 Å². The van der Waals surface area contributed by atoms with Crippen LogP contribution in [0.3, 0.4) is 0 Å². The number of carboxylic acid groups (broad SMARTS) is 1. The van der Waals surface area contributed by atoms with Crippen LogP contribution >= 0.6 is 0 Å². The van der Waals surface area contributed by atoms with Gasteiger partial charge in [-0.05, 0) is 18.4 Å². The number of fused-ring (bicyclic) bond motifs is 1. The lowest BCUT2D eigenvalue weighted by Gasteiger charge is -2.16. The van der Waals surface area contributed by atoms with Crippen molar-refractivity contribution < 1.29 is 14.7 Å². The highest BCUT2D eigenvalue weighted by Crippen LogP contribution is 2.13. The summed E-state index contributed by atoms with van der Waals surface area (Å²) >= 11 is 0. The number of amides is 1. The third kappa shape index (κ3) is 4.15. The van der Waals surface area contributed by atoms with Gasteiger partial charge in [0.1, 0.15) is 6.04 Å². The summed E-state index contributed by atoms with van der Waals surface area (Å²) in [6.07, 6.45) is 0.250. The van der Waals surface area contributed by atoms with Gasteiger partial charge in [0.15, 0.2) is 0 Å². The van der Waals surface area contributed by atoms with Gasteiger partial charge in [-0.25, -0.2) is 9.89 Å². The second-order valence-corrected chi connectivity index (χ2v) is 5.81. The highest BCUT2D eigenvalue weighted by atomic mass is 16.4. The summed E-state index contributed by atoms with van der Waals surface area (Å²) in [5.74, 6) is -1.36. The maximum absolute atomic E-state index is 12.1. The van der Waals surface area contributed by atoms with Crippen LogP contribution in [0.25, 0.3) is 10.8 Å². The smallest absolute Gasteiger partial charge is 0.326 e. The molecule has 7 heteroatoms. The molecule has 122 valence electrons. The Balaban J connectivity index is 2.19. The van der Waals surface area contributed by atoms with Crippen LogP contribution in [-0.2, 0) is 16.0 Å². The number of hydrogen-bond donors (Lipinski definition) is 3. The predicted octanol–water partition coefficient (Wildman–Crippen LogP) is 1.08. The van der Waals surface area contributed by atoms with Crippen molar-refractivity contribution in [3.63, 3.8) is 0 Å². The van der Waals surface area contributed by atoms with Crippen molar-refractivity contribution in [3.8, 4) is 0 Å². The molecule has 0 radical (unpaired) electrons. The second kappa shape index (κ2) is 7.04. The maximum Gasteiger partial charge on any atom is 0.326 e. The molecule has 2 aromatic rings. The van der Waals surface area contributed by atoms with Crippen LogP contribution in [0.2, 0.25) is 0 Å². The van der Waals surface area contributed by atoms with Crippen LogP contribution in [0, 0.1) is 5.92 Å². The third-order valence-corrected chi connectivity index (χ3v) is 3.44. The number of aromatic amines is 1. The van der Waals surface area contributed by atoms with Gasteiger partial charge < -0.3 is 10.4 Å². The lowest BCUT2D eigenvalue weighted by atomic mass is 10.0. The van der Waals surface area contributed by atoms with Crippen LogP contribution in [-0.4, -0.2) is 33.2 Å². The number of hydrogen-bond acceptors (Lipinski definition) is 4. The number of aliphatic carboxylic acids is 1. The number of carbonyl (C=O) groups excluding carboxylic acids is 1. The summed E-state index contributed by atoms with van der Waals surface area (Å²) in [6, 6.07) is 5.91. The van der Waals surface area contributed by atoms with Gasteiger partial charge in [-0.15, -0.1) is 0 Å². The van der Waals surface area contributed by atoms with Crippen molar-refractivity contribution in [2.24, 2.45) is 5.92 Å². The Morgan fingerprint density at radius 1 is 1.26 bits per heavy atom. The highest BCUT2D eigenvalue weighted by molar-refractivity contribution is 5.90. The molecule has 1 aromatic heterocycles. The van der Waals surface area contributed by atoms with Crippen LogP contribution in [0.15, 0.2) is 29.1 Å². The number of nitrogens with zero attached hydrogens (tertiary/aromatic N) is 1. The van der Waals surface area contributed by atoms with Gasteiger partial charge >= 0.3 is 5.97 Å². The fraction of sp³-hybridized carbons (Fsp3) is 0.375. The molecular formula is C16H19N3O4. The Hall–Kier alpha value is -2.70. The molecule has 0 saturated carbocycles. The second-order valence-electron chi connectivity index (χ2n) is 5.81. The first-order valence-electron chi connectivity index (χ1n) is 7.37. The van der Waals surface area contributed by atoms with E-state index in [1.54, 1.807) is 24.3 Å². The number of rotatable bonds is 6. The van der Waals surface area contributed by atoms with E-state index in [2.05, 4.69) is 15.5 Å². The van der Waals surface area contributed by atoms with Crippen LogP contribution < -0.4 is 10.9 Å². The lowest BCUT2D eigenvalue weighted by molar-refractivity contribution is -0.142. The van der Waals surface area contributed by atoms with E-state index in [-0.39, 0.29) is 17.9 Å². The van der Waals surface area contributed by atoms with Crippen LogP contribution in [0.5, 0.6) is 0 Å². The number of benzene rings is 1. The quantitative estimate of drug-likeness (QED) is 0.738. The molecule has 1 atom stereocenters. The van der Waals surface area contributed by atoms with Gasteiger partial charge in [0, 0.05) is 5.39 Å². The molecule has 1 unspecified atom stereocenters. The zero-order chi connectivity index (χ0) is 17.0. The van der Waals surface area contributed by atoms with Gasteiger partial charge in [0.2, 0.25) is 5.91 Å². The molecule has 0 fully saturated rings. The number of nitrogens with one attached hydrogen (secondary N) is 2. The van der Waals surface area contributed by atoms with Crippen molar-refractivity contribution in [2.45, 2.75) is 32.7 Å². The Morgan fingerprint density at radius 3 is 2.52 bits per heavy atom. The molecule has 3 N–H and O–H groups in total. The Kier molecular flexibility index (Phi) is 5.10. The van der Waals surface area contributed by atoms with Crippen molar-refractivity contribution in [2.75, 3.05) is 0 Å². The Morgan fingerprint density at radius 2 is 1.91 bits per heavy atom. The summed E-state index contributed by atoms with van der Waals surface area (Å²) in [6.45, 7) is 3.78. The molecule has 0 saturated heterocycles. The van der Waals surface area contributed by atoms with E-state index in [1.165, 1.54) is 0 Å². The van der Waals surface area contributed by atoms with Crippen LogP contribution in [0.1, 0.15) is 26.0 Å². The molecule has 2 rings (SSSR count). The Bertz CT molecular complexity index is 782. The van der Waals surface area contributed by atoms with Crippen molar-refractivity contribution >= 4 is 22.6 Å². The van der Waals surface area contributed by atoms with E-state index >= 15 is 0 Å². The molecule has 0 aliphatic heterocycles. The van der Waals surface area contributed by atoms with Gasteiger partial charge in [-0.2, -0.15) is 5.10 Å². The summed E-state index contributed by atoms with van der Waals surface area (Å²) in [5.41, 5.74) is 0.0827. The number of carbonyl (C=O) groups is 2. The highest BCUT2D eigenvalue weighted by Gasteiger charge is 2.21. The fourth-order valence-electron chi connectivity index (χ4n) is 2.40. The maximum atomic E-state index is 12.1. The molecule has 0 aliphatic carbocycles. The molecule has 7 nitrogen and oxygen atoms in total. The Labute approximate surface area is 132 Å². The lowest BCUT2D eigenvalue weighted by Crippen LogP contribution is -2.42. The van der Waals surface area contributed by atoms with Crippen molar-refractivity contribution in [1.82, 2.24) is 15.5 Å². The van der Waals surface area contributed by atoms with E-state index in [0.717, 1.165) is 0 Å². The molecule has 23 heavy (non-hydrogen) atoms. The van der Waals surface area contributed by atoms with E-state index in [1.807, 2.05) is 13.8 Å². The molecule has 1 amide bonds. The SMILES string of the molecule is CC(C)CC(NC(=O)Cc1n[nH]c(=O)c2ccccc12)C(=O)O. The first kappa shape index (κ1) is 16.7. The molecule has 0 spiro atoms. The minimum absolute atomic E-state index is 0.0980.